The first-order valence-corrected chi connectivity index (χ1v) is 7.82. The second-order valence-electron chi connectivity index (χ2n) is 5.79. The second-order valence-corrected chi connectivity index (χ2v) is 5.79. The standard InChI is InChI=1S/C16H22N6/c1-10-9-15(22-16(17)19-10)18-8-7-14-20-11(2)12-5-3-4-6-13(12)21-14/h9H,3-8H2,1-2H3,(H3,17,18,19,22). The third kappa shape index (κ3) is 3.32. The monoisotopic (exact) mass is 298 g/mol. The molecule has 3 N–H and O–H groups in total. The summed E-state index contributed by atoms with van der Waals surface area (Å²) in [7, 11) is 0. The molecule has 116 valence electrons. The van der Waals surface area contributed by atoms with Crippen LogP contribution in [0.3, 0.4) is 0 Å². The van der Waals surface area contributed by atoms with E-state index in [1.807, 2.05) is 13.0 Å². The van der Waals surface area contributed by atoms with E-state index in [1.165, 1.54) is 24.1 Å². The molecule has 0 fully saturated rings. The largest absolute Gasteiger partial charge is 0.369 e. The number of nitrogens with zero attached hydrogens (tertiary/aromatic N) is 4. The summed E-state index contributed by atoms with van der Waals surface area (Å²) in [6.45, 7) is 4.73. The number of nitrogen functional groups attached to an aromatic ring is 1. The zero-order valence-corrected chi connectivity index (χ0v) is 13.2. The lowest BCUT2D eigenvalue weighted by Crippen LogP contribution is -2.15. The normalized spacial score (nSPS) is 13.7. The van der Waals surface area contributed by atoms with Gasteiger partial charge in [0.25, 0.3) is 0 Å². The number of anilines is 2. The Bertz CT molecular complexity index is 662. The Kier molecular flexibility index (Phi) is 4.18. The smallest absolute Gasteiger partial charge is 0.222 e. The minimum Gasteiger partial charge on any atom is -0.369 e. The van der Waals surface area contributed by atoms with Crippen molar-refractivity contribution in [2.75, 3.05) is 17.6 Å². The number of hydrogen-bond donors (Lipinski definition) is 2. The fraction of sp³-hybridized carbons (Fsp3) is 0.500. The van der Waals surface area contributed by atoms with E-state index in [2.05, 4.69) is 27.2 Å². The van der Waals surface area contributed by atoms with Crippen LogP contribution in [-0.2, 0) is 19.3 Å². The van der Waals surface area contributed by atoms with Crippen molar-refractivity contribution in [1.29, 1.82) is 0 Å². The Morgan fingerprint density at radius 3 is 2.73 bits per heavy atom. The van der Waals surface area contributed by atoms with Gasteiger partial charge in [-0.3, -0.25) is 0 Å². The Morgan fingerprint density at radius 2 is 1.91 bits per heavy atom. The van der Waals surface area contributed by atoms with Crippen molar-refractivity contribution in [1.82, 2.24) is 19.9 Å². The number of nitrogens with two attached hydrogens (primary N) is 1. The van der Waals surface area contributed by atoms with Gasteiger partial charge < -0.3 is 11.1 Å². The third-order valence-electron chi connectivity index (χ3n) is 3.96. The Balaban J connectivity index is 1.65. The van der Waals surface area contributed by atoms with Crippen LogP contribution >= 0.6 is 0 Å². The Morgan fingerprint density at radius 1 is 1.09 bits per heavy atom. The van der Waals surface area contributed by atoms with Crippen LogP contribution in [0, 0.1) is 13.8 Å². The van der Waals surface area contributed by atoms with Crippen molar-refractivity contribution in [2.45, 2.75) is 46.0 Å². The minimum atomic E-state index is 0.295. The van der Waals surface area contributed by atoms with Gasteiger partial charge in [-0.1, -0.05) is 0 Å². The van der Waals surface area contributed by atoms with Crippen molar-refractivity contribution in [3.05, 3.63) is 34.5 Å². The highest BCUT2D eigenvalue weighted by atomic mass is 15.1. The summed E-state index contributed by atoms with van der Waals surface area (Å²) in [6.07, 6.45) is 5.48. The van der Waals surface area contributed by atoms with E-state index in [4.69, 9.17) is 10.7 Å². The van der Waals surface area contributed by atoms with E-state index < -0.39 is 0 Å². The topological polar surface area (TPSA) is 89.6 Å². The van der Waals surface area contributed by atoms with Gasteiger partial charge in [0.2, 0.25) is 5.95 Å². The lowest BCUT2D eigenvalue weighted by Gasteiger charge is -2.17. The SMILES string of the molecule is Cc1cc(NCCc2nc(C)c3c(n2)CCCC3)nc(N)n1. The number of nitrogens with one attached hydrogen (secondary N) is 1. The lowest BCUT2D eigenvalue weighted by atomic mass is 9.95. The third-order valence-corrected chi connectivity index (χ3v) is 3.96. The summed E-state index contributed by atoms with van der Waals surface area (Å²) in [5.74, 6) is 1.95. The molecule has 2 heterocycles. The molecule has 0 amide bonds. The first kappa shape index (κ1) is 14.7. The van der Waals surface area contributed by atoms with Crippen molar-refractivity contribution >= 4 is 11.8 Å². The van der Waals surface area contributed by atoms with Gasteiger partial charge in [0.15, 0.2) is 0 Å². The second kappa shape index (κ2) is 6.25. The van der Waals surface area contributed by atoms with Crippen molar-refractivity contribution in [3.8, 4) is 0 Å². The molecule has 0 bridgehead atoms. The van der Waals surface area contributed by atoms with Gasteiger partial charge in [-0.15, -0.1) is 0 Å². The van der Waals surface area contributed by atoms with E-state index >= 15 is 0 Å². The van der Waals surface area contributed by atoms with Crippen LogP contribution in [0.4, 0.5) is 11.8 Å². The van der Waals surface area contributed by atoms with Crippen molar-refractivity contribution in [3.63, 3.8) is 0 Å². The van der Waals surface area contributed by atoms with Gasteiger partial charge in [-0.25, -0.2) is 15.0 Å². The van der Waals surface area contributed by atoms with E-state index in [-0.39, 0.29) is 0 Å². The number of hydrogen-bond acceptors (Lipinski definition) is 6. The molecule has 0 radical (unpaired) electrons. The molecule has 0 aromatic carbocycles. The molecule has 2 aromatic heterocycles. The molecule has 0 aliphatic heterocycles. The highest BCUT2D eigenvalue weighted by molar-refractivity contribution is 5.40. The molecular weight excluding hydrogens is 276 g/mol. The minimum absolute atomic E-state index is 0.295. The fourth-order valence-electron chi connectivity index (χ4n) is 2.94. The predicted molar refractivity (Wildman–Crippen MR) is 86.8 cm³/mol. The van der Waals surface area contributed by atoms with Crippen LogP contribution in [0.1, 0.15) is 41.3 Å². The summed E-state index contributed by atoms with van der Waals surface area (Å²) >= 11 is 0. The van der Waals surface area contributed by atoms with E-state index in [1.54, 1.807) is 0 Å². The maximum atomic E-state index is 5.65. The van der Waals surface area contributed by atoms with Crippen LogP contribution < -0.4 is 11.1 Å². The summed E-state index contributed by atoms with van der Waals surface area (Å²) in [6, 6.07) is 1.88. The van der Waals surface area contributed by atoms with Crippen LogP contribution in [0.2, 0.25) is 0 Å². The molecule has 0 unspecified atom stereocenters. The Labute approximate surface area is 130 Å². The zero-order chi connectivity index (χ0) is 15.5. The summed E-state index contributed by atoms with van der Waals surface area (Å²) < 4.78 is 0. The van der Waals surface area contributed by atoms with Gasteiger partial charge in [0, 0.05) is 36.1 Å². The van der Waals surface area contributed by atoms with Crippen LogP contribution in [0.25, 0.3) is 0 Å². The molecule has 3 rings (SSSR count). The van der Waals surface area contributed by atoms with Gasteiger partial charge in [-0.2, -0.15) is 4.98 Å². The van der Waals surface area contributed by atoms with Crippen LogP contribution in [0.5, 0.6) is 0 Å². The van der Waals surface area contributed by atoms with Crippen LogP contribution in [0.15, 0.2) is 6.07 Å². The predicted octanol–water partition coefficient (Wildman–Crippen LogP) is 2.00. The molecule has 0 spiro atoms. The summed E-state index contributed by atoms with van der Waals surface area (Å²) in [5, 5.41) is 3.26. The Hall–Kier alpha value is -2.24. The molecule has 2 aromatic rings. The molecule has 6 heteroatoms. The molecular formula is C16H22N6. The van der Waals surface area contributed by atoms with E-state index in [0.29, 0.717) is 5.95 Å². The summed E-state index contributed by atoms with van der Waals surface area (Å²) in [5.41, 5.74) is 10.3. The average molecular weight is 298 g/mol. The fourth-order valence-corrected chi connectivity index (χ4v) is 2.94. The van der Waals surface area contributed by atoms with Gasteiger partial charge >= 0.3 is 0 Å². The molecule has 0 saturated carbocycles. The van der Waals surface area contributed by atoms with Crippen molar-refractivity contribution < 1.29 is 0 Å². The average Bonchev–Trinajstić information content (AvgIpc) is 2.46. The first-order chi connectivity index (χ1) is 10.6. The van der Waals surface area contributed by atoms with E-state index in [9.17, 15) is 0 Å². The van der Waals surface area contributed by atoms with Gasteiger partial charge in [0.1, 0.15) is 11.6 Å². The van der Waals surface area contributed by atoms with Gasteiger partial charge in [0.05, 0.1) is 0 Å². The highest BCUT2D eigenvalue weighted by Crippen LogP contribution is 2.21. The maximum absolute atomic E-state index is 5.65. The van der Waals surface area contributed by atoms with Crippen LogP contribution in [-0.4, -0.2) is 26.5 Å². The number of aromatic nitrogens is 4. The van der Waals surface area contributed by atoms with Crippen molar-refractivity contribution in [2.24, 2.45) is 0 Å². The maximum Gasteiger partial charge on any atom is 0.222 e. The lowest BCUT2D eigenvalue weighted by molar-refractivity contribution is 0.647. The molecule has 0 atom stereocenters. The number of aryl methyl sites for hydroxylation is 3. The molecule has 1 aliphatic rings. The number of rotatable bonds is 4. The van der Waals surface area contributed by atoms with E-state index in [0.717, 1.165) is 48.8 Å². The molecule has 1 aliphatic carbocycles. The molecule has 0 saturated heterocycles. The quantitative estimate of drug-likeness (QED) is 0.897. The summed E-state index contributed by atoms with van der Waals surface area (Å²) in [4.78, 5) is 17.6. The number of fused-ring (bicyclic) bond motifs is 1. The molecule has 6 nitrogen and oxygen atoms in total. The highest BCUT2D eigenvalue weighted by Gasteiger charge is 2.15. The van der Waals surface area contributed by atoms with Gasteiger partial charge in [-0.05, 0) is 45.1 Å². The molecule has 22 heavy (non-hydrogen) atoms. The first-order valence-electron chi connectivity index (χ1n) is 7.82. The zero-order valence-electron chi connectivity index (χ0n) is 13.2.